The van der Waals surface area contributed by atoms with Crippen LogP contribution in [0.5, 0.6) is 0 Å². The Morgan fingerprint density at radius 1 is 1.08 bits per heavy atom. The van der Waals surface area contributed by atoms with Crippen LogP contribution >= 0.6 is 0 Å². The van der Waals surface area contributed by atoms with Crippen LogP contribution in [0.4, 0.5) is 18.0 Å². The molecule has 0 saturated carbocycles. The maximum absolute atomic E-state index is 12.5. The van der Waals surface area contributed by atoms with Gasteiger partial charge in [-0.15, -0.1) is 0 Å². The van der Waals surface area contributed by atoms with Gasteiger partial charge < -0.3 is 9.64 Å². The van der Waals surface area contributed by atoms with E-state index in [-0.39, 0.29) is 6.61 Å². The van der Waals surface area contributed by atoms with E-state index < -0.39 is 17.8 Å². The SMILES string of the molecule is CCCCCN1CCN(C(=O)OCc2ccc(C(F)(F)F)cc2)CC1. The van der Waals surface area contributed by atoms with E-state index in [1.807, 2.05) is 0 Å². The smallest absolute Gasteiger partial charge is 0.416 e. The number of alkyl halides is 3. The van der Waals surface area contributed by atoms with Gasteiger partial charge >= 0.3 is 12.3 Å². The van der Waals surface area contributed by atoms with E-state index in [1.165, 1.54) is 31.4 Å². The Kier molecular flexibility index (Phi) is 7.11. The number of unbranched alkanes of at least 4 members (excludes halogenated alkanes) is 2. The number of hydrogen-bond donors (Lipinski definition) is 0. The summed E-state index contributed by atoms with van der Waals surface area (Å²) in [5.74, 6) is 0. The molecular formula is C18H25F3N2O2. The van der Waals surface area contributed by atoms with Crippen LogP contribution in [0.1, 0.15) is 37.3 Å². The zero-order chi connectivity index (χ0) is 18.3. The van der Waals surface area contributed by atoms with Crippen LogP contribution < -0.4 is 0 Å². The molecule has 0 spiro atoms. The van der Waals surface area contributed by atoms with Crippen molar-refractivity contribution < 1.29 is 22.7 Å². The molecule has 1 aliphatic rings. The summed E-state index contributed by atoms with van der Waals surface area (Å²) < 4.78 is 42.7. The summed E-state index contributed by atoms with van der Waals surface area (Å²) in [5.41, 5.74) is -0.165. The monoisotopic (exact) mass is 358 g/mol. The highest BCUT2D eigenvalue weighted by molar-refractivity contribution is 5.67. The molecule has 140 valence electrons. The van der Waals surface area contributed by atoms with Crippen molar-refractivity contribution in [1.29, 1.82) is 0 Å². The van der Waals surface area contributed by atoms with Crippen molar-refractivity contribution in [3.63, 3.8) is 0 Å². The van der Waals surface area contributed by atoms with Crippen LogP contribution in [0.15, 0.2) is 24.3 Å². The Morgan fingerprint density at radius 3 is 2.28 bits per heavy atom. The van der Waals surface area contributed by atoms with Gasteiger partial charge in [0, 0.05) is 26.2 Å². The van der Waals surface area contributed by atoms with Gasteiger partial charge in [-0.3, -0.25) is 4.90 Å². The molecule has 0 radical (unpaired) electrons. The molecule has 1 aromatic rings. The van der Waals surface area contributed by atoms with Gasteiger partial charge in [0.15, 0.2) is 0 Å². The van der Waals surface area contributed by atoms with E-state index in [0.717, 1.165) is 31.8 Å². The zero-order valence-electron chi connectivity index (χ0n) is 14.5. The molecule has 1 fully saturated rings. The average molecular weight is 358 g/mol. The van der Waals surface area contributed by atoms with Crippen molar-refractivity contribution in [2.24, 2.45) is 0 Å². The highest BCUT2D eigenvalue weighted by atomic mass is 19.4. The van der Waals surface area contributed by atoms with Crippen molar-refractivity contribution >= 4 is 6.09 Å². The van der Waals surface area contributed by atoms with Gasteiger partial charge in [0.25, 0.3) is 0 Å². The van der Waals surface area contributed by atoms with Crippen LogP contribution in [-0.4, -0.2) is 48.6 Å². The molecule has 0 bridgehead atoms. The molecule has 0 N–H and O–H groups in total. The molecule has 1 aromatic carbocycles. The molecule has 4 nitrogen and oxygen atoms in total. The number of carbonyl (C=O) groups excluding carboxylic acids is 1. The van der Waals surface area contributed by atoms with E-state index in [9.17, 15) is 18.0 Å². The molecule has 0 unspecified atom stereocenters. The fraction of sp³-hybridized carbons (Fsp3) is 0.611. The largest absolute Gasteiger partial charge is 0.445 e. The number of piperazine rings is 1. The van der Waals surface area contributed by atoms with Crippen LogP contribution in [0.3, 0.4) is 0 Å². The molecule has 1 saturated heterocycles. The number of carbonyl (C=O) groups is 1. The van der Waals surface area contributed by atoms with E-state index in [2.05, 4.69) is 11.8 Å². The third kappa shape index (κ3) is 6.23. The third-order valence-corrected chi connectivity index (χ3v) is 4.35. The summed E-state index contributed by atoms with van der Waals surface area (Å²) in [4.78, 5) is 16.1. The lowest BCUT2D eigenvalue weighted by atomic mass is 10.1. The molecule has 1 amide bonds. The number of ether oxygens (including phenoxy) is 1. The average Bonchev–Trinajstić information content (AvgIpc) is 2.60. The van der Waals surface area contributed by atoms with Gasteiger partial charge in [-0.25, -0.2) is 4.79 Å². The van der Waals surface area contributed by atoms with Crippen molar-refractivity contribution in [3.8, 4) is 0 Å². The minimum absolute atomic E-state index is 0.0202. The molecule has 0 aliphatic carbocycles. The molecule has 1 heterocycles. The summed E-state index contributed by atoms with van der Waals surface area (Å²) in [6, 6.07) is 4.67. The van der Waals surface area contributed by atoms with Crippen molar-refractivity contribution in [3.05, 3.63) is 35.4 Å². The second-order valence-corrected chi connectivity index (χ2v) is 6.29. The topological polar surface area (TPSA) is 32.8 Å². The first-order valence-electron chi connectivity index (χ1n) is 8.70. The van der Waals surface area contributed by atoms with E-state index in [4.69, 9.17) is 4.74 Å². The fourth-order valence-electron chi connectivity index (χ4n) is 2.77. The second kappa shape index (κ2) is 9.08. The predicted molar refractivity (Wildman–Crippen MR) is 89.2 cm³/mol. The minimum atomic E-state index is -4.36. The summed E-state index contributed by atoms with van der Waals surface area (Å²) >= 11 is 0. The van der Waals surface area contributed by atoms with Crippen molar-refractivity contribution in [1.82, 2.24) is 9.80 Å². The Balaban J connectivity index is 1.72. The maximum Gasteiger partial charge on any atom is 0.416 e. The van der Waals surface area contributed by atoms with Crippen LogP contribution in [0.2, 0.25) is 0 Å². The first kappa shape index (κ1) is 19.6. The molecule has 2 rings (SSSR count). The lowest BCUT2D eigenvalue weighted by Crippen LogP contribution is -2.48. The van der Waals surface area contributed by atoms with Crippen LogP contribution in [0.25, 0.3) is 0 Å². The van der Waals surface area contributed by atoms with Crippen molar-refractivity contribution in [2.75, 3.05) is 32.7 Å². The maximum atomic E-state index is 12.5. The zero-order valence-corrected chi connectivity index (χ0v) is 14.5. The second-order valence-electron chi connectivity index (χ2n) is 6.29. The Bertz CT molecular complexity index is 538. The number of hydrogen-bond acceptors (Lipinski definition) is 3. The van der Waals surface area contributed by atoms with Gasteiger partial charge in [-0.1, -0.05) is 31.9 Å². The van der Waals surface area contributed by atoms with Gasteiger partial charge in [0.1, 0.15) is 6.61 Å². The molecule has 1 aliphatic heterocycles. The number of nitrogens with zero attached hydrogens (tertiary/aromatic N) is 2. The van der Waals surface area contributed by atoms with Gasteiger partial charge in [-0.2, -0.15) is 13.2 Å². The summed E-state index contributed by atoms with van der Waals surface area (Å²) in [6.07, 6.45) is -1.18. The first-order chi connectivity index (χ1) is 11.9. The number of halogens is 3. The van der Waals surface area contributed by atoms with E-state index in [0.29, 0.717) is 18.7 Å². The number of rotatable bonds is 6. The van der Waals surface area contributed by atoms with Gasteiger partial charge in [0.05, 0.1) is 5.56 Å². The highest BCUT2D eigenvalue weighted by Crippen LogP contribution is 2.29. The lowest BCUT2D eigenvalue weighted by molar-refractivity contribution is -0.137. The molecular weight excluding hydrogens is 333 g/mol. The summed E-state index contributed by atoms with van der Waals surface area (Å²) in [5, 5.41) is 0. The lowest BCUT2D eigenvalue weighted by Gasteiger charge is -2.34. The summed E-state index contributed by atoms with van der Waals surface area (Å²) in [7, 11) is 0. The molecule has 7 heteroatoms. The van der Waals surface area contributed by atoms with Crippen LogP contribution in [0, 0.1) is 0 Å². The quantitative estimate of drug-likeness (QED) is 0.716. The van der Waals surface area contributed by atoms with Crippen LogP contribution in [-0.2, 0) is 17.5 Å². The standard InChI is InChI=1S/C18H25F3N2O2/c1-2-3-4-9-22-10-12-23(13-11-22)17(24)25-14-15-5-7-16(8-6-15)18(19,20)21/h5-8H,2-4,9-14H2,1H3. The fourth-order valence-corrected chi connectivity index (χ4v) is 2.77. The molecule has 0 aromatic heterocycles. The Hall–Kier alpha value is -1.76. The number of benzene rings is 1. The minimum Gasteiger partial charge on any atom is -0.445 e. The first-order valence-corrected chi connectivity index (χ1v) is 8.70. The normalized spacial score (nSPS) is 16.1. The highest BCUT2D eigenvalue weighted by Gasteiger charge is 2.30. The van der Waals surface area contributed by atoms with E-state index in [1.54, 1.807) is 4.90 Å². The number of amides is 1. The molecule has 0 atom stereocenters. The Morgan fingerprint density at radius 2 is 1.72 bits per heavy atom. The van der Waals surface area contributed by atoms with Crippen molar-refractivity contribution in [2.45, 2.75) is 39.0 Å². The Labute approximate surface area is 146 Å². The molecule has 25 heavy (non-hydrogen) atoms. The van der Waals surface area contributed by atoms with Gasteiger partial charge in [0.2, 0.25) is 0 Å². The third-order valence-electron chi connectivity index (χ3n) is 4.35. The predicted octanol–water partition coefficient (Wildman–Crippen LogP) is 4.15. The van der Waals surface area contributed by atoms with E-state index >= 15 is 0 Å². The van der Waals surface area contributed by atoms with Gasteiger partial charge in [-0.05, 0) is 30.7 Å². The summed E-state index contributed by atoms with van der Waals surface area (Å²) in [6.45, 7) is 6.12.